The van der Waals surface area contributed by atoms with Crippen LogP contribution in [0, 0.1) is 5.92 Å². The maximum atomic E-state index is 12.8. The molecule has 0 saturated heterocycles. The van der Waals surface area contributed by atoms with E-state index in [0.717, 1.165) is 23.0 Å². The Balaban J connectivity index is 1.30. The maximum absolute atomic E-state index is 12.8. The van der Waals surface area contributed by atoms with Crippen LogP contribution in [0.25, 0.3) is 10.9 Å². The van der Waals surface area contributed by atoms with E-state index >= 15 is 0 Å². The third kappa shape index (κ3) is 2.94. The highest BCUT2D eigenvalue weighted by atomic mass is 16.2. The average molecular weight is 418 g/mol. The molecule has 1 amide bonds. The molecule has 1 atom stereocenters. The second-order valence-electron chi connectivity index (χ2n) is 8.74. The smallest absolute Gasteiger partial charge is 0.267 e. The van der Waals surface area contributed by atoms with Gasteiger partial charge in [-0.3, -0.25) is 9.78 Å². The van der Waals surface area contributed by atoms with Gasteiger partial charge in [0.25, 0.3) is 5.91 Å². The molecule has 0 fully saturated rings. The van der Waals surface area contributed by atoms with Gasteiger partial charge in [-0.05, 0) is 47.7 Å². The molecule has 3 aromatic carbocycles. The molecule has 2 bridgehead atoms. The van der Waals surface area contributed by atoms with E-state index in [2.05, 4.69) is 64.0 Å². The Labute approximate surface area is 187 Å². The van der Waals surface area contributed by atoms with Crippen LogP contribution in [0.5, 0.6) is 0 Å². The quantitative estimate of drug-likeness (QED) is 0.347. The number of para-hydroxylation sites is 1. The molecule has 4 aromatic rings. The number of pyridine rings is 1. The molecule has 0 saturated carbocycles. The normalized spacial score (nSPS) is 21.2. The molecule has 0 spiro atoms. The summed E-state index contributed by atoms with van der Waals surface area (Å²) in [5.74, 6) is 0.683. The second kappa shape index (κ2) is 7.41. The molecule has 3 aliphatic rings. The van der Waals surface area contributed by atoms with Crippen molar-refractivity contribution in [2.24, 2.45) is 11.0 Å². The Hall–Kier alpha value is -3.79. The molecule has 32 heavy (non-hydrogen) atoms. The average Bonchev–Trinajstić information content (AvgIpc) is 2.86. The Bertz CT molecular complexity index is 1340. The number of aromatic nitrogens is 1. The first-order valence-electron chi connectivity index (χ1n) is 11.1. The van der Waals surface area contributed by atoms with Crippen LogP contribution in [0.1, 0.15) is 57.8 Å². The summed E-state index contributed by atoms with van der Waals surface area (Å²) >= 11 is 0. The summed E-state index contributed by atoms with van der Waals surface area (Å²) in [7, 11) is 0. The minimum absolute atomic E-state index is 0.232. The lowest BCUT2D eigenvalue weighted by Crippen LogP contribution is -2.36. The fourth-order valence-electron chi connectivity index (χ4n) is 5.53. The van der Waals surface area contributed by atoms with E-state index < -0.39 is 0 Å². The summed E-state index contributed by atoms with van der Waals surface area (Å²) < 4.78 is 0. The highest BCUT2D eigenvalue weighted by Crippen LogP contribution is 2.55. The summed E-state index contributed by atoms with van der Waals surface area (Å²) in [6, 6.07) is 27.2. The van der Waals surface area contributed by atoms with Gasteiger partial charge < -0.3 is 0 Å². The third-order valence-electron chi connectivity index (χ3n) is 7.03. The molecular weight excluding hydrogens is 394 g/mol. The van der Waals surface area contributed by atoms with E-state index in [1.54, 1.807) is 6.20 Å². The van der Waals surface area contributed by atoms with Gasteiger partial charge in [-0.15, -0.1) is 0 Å². The Morgan fingerprint density at radius 3 is 2.25 bits per heavy atom. The van der Waals surface area contributed by atoms with Crippen LogP contribution in [0.4, 0.5) is 0 Å². The first-order chi connectivity index (χ1) is 15.7. The largest absolute Gasteiger partial charge is 0.272 e. The number of rotatable bonds is 3. The van der Waals surface area contributed by atoms with Crippen molar-refractivity contribution in [1.29, 1.82) is 0 Å². The molecule has 4 nitrogen and oxygen atoms in total. The van der Waals surface area contributed by atoms with E-state index in [0.29, 0.717) is 11.5 Å². The van der Waals surface area contributed by atoms with Crippen molar-refractivity contribution >= 4 is 22.5 Å². The van der Waals surface area contributed by atoms with Gasteiger partial charge in [-0.2, -0.15) is 5.10 Å². The van der Waals surface area contributed by atoms with Gasteiger partial charge >= 0.3 is 0 Å². The number of hydrazone groups is 1. The summed E-state index contributed by atoms with van der Waals surface area (Å²) in [6.45, 7) is 2.04. The van der Waals surface area contributed by atoms with Crippen LogP contribution in [-0.2, 0) is 0 Å². The zero-order chi connectivity index (χ0) is 21.7. The number of carbonyl (C=O) groups is 1. The van der Waals surface area contributed by atoms with Crippen LogP contribution >= 0.6 is 0 Å². The van der Waals surface area contributed by atoms with Crippen molar-refractivity contribution in [3.05, 3.63) is 113 Å². The van der Waals surface area contributed by atoms with Crippen LogP contribution in [-0.4, -0.2) is 16.6 Å². The molecule has 0 unspecified atom stereocenters. The van der Waals surface area contributed by atoms with Crippen LogP contribution in [0.15, 0.2) is 90.2 Å². The SMILES string of the molecule is C/C(=N/NC(=O)c1cnc2ccccc2c1)[C@H]1CC2c3ccccc3C1c1ccccc12. The van der Waals surface area contributed by atoms with E-state index in [1.807, 2.05) is 37.3 Å². The number of benzene rings is 3. The highest BCUT2D eigenvalue weighted by molar-refractivity contribution is 5.98. The number of hydrogen-bond acceptors (Lipinski definition) is 3. The van der Waals surface area contributed by atoms with Crippen molar-refractivity contribution in [3.8, 4) is 0 Å². The van der Waals surface area contributed by atoms with Gasteiger partial charge in [-0.25, -0.2) is 5.43 Å². The fraction of sp³-hybridized carbons (Fsp3) is 0.179. The Morgan fingerprint density at radius 2 is 1.53 bits per heavy atom. The lowest BCUT2D eigenvalue weighted by molar-refractivity contribution is 0.0954. The van der Waals surface area contributed by atoms with Gasteiger partial charge in [0.05, 0.1) is 11.1 Å². The molecule has 4 heteroatoms. The van der Waals surface area contributed by atoms with E-state index in [1.165, 1.54) is 22.3 Å². The molecule has 0 aliphatic heterocycles. The van der Waals surface area contributed by atoms with Crippen molar-refractivity contribution < 1.29 is 4.79 Å². The number of nitrogens with one attached hydrogen (secondary N) is 1. The summed E-state index contributed by atoms with van der Waals surface area (Å²) in [5, 5.41) is 5.50. The summed E-state index contributed by atoms with van der Waals surface area (Å²) in [5.41, 5.74) is 10.8. The highest BCUT2D eigenvalue weighted by Gasteiger charge is 2.44. The van der Waals surface area contributed by atoms with Gasteiger partial charge in [0.1, 0.15) is 0 Å². The summed E-state index contributed by atoms with van der Waals surface area (Å²) in [4.78, 5) is 17.2. The van der Waals surface area contributed by atoms with E-state index in [4.69, 9.17) is 0 Å². The number of nitrogens with zero attached hydrogens (tertiary/aromatic N) is 2. The van der Waals surface area contributed by atoms with Crippen LogP contribution in [0.2, 0.25) is 0 Å². The lowest BCUT2D eigenvalue weighted by atomic mass is 9.58. The van der Waals surface area contributed by atoms with Crippen molar-refractivity contribution in [2.75, 3.05) is 0 Å². The third-order valence-corrected chi connectivity index (χ3v) is 7.03. The van der Waals surface area contributed by atoms with Gasteiger partial charge in [0.15, 0.2) is 0 Å². The van der Waals surface area contributed by atoms with Gasteiger partial charge in [-0.1, -0.05) is 66.7 Å². The zero-order valence-corrected chi connectivity index (χ0v) is 17.8. The standard InChI is InChI=1S/C28H23N3O/c1-17(30-31-28(32)19-14-18-8-2-7-13-26(18)29-16-19)24-15-25-20-9-3-5-11-22(20)27(24)23-12-6-4-10-21(23)25/h2-14,16,24-25,27H,15H2,1H3,(H,31,32)/b30-17-/t24-,25?,27?/m1/s1. The molecule has 0 radical (unpaired) electrons. The predicted octanol–water partition coefficient (Wildman–Crippen LogP) is 5.64. The van der Waals surface area contributed by atoms with Gasteiger partial charge in [0, 0.05) is 35.0 Å². The lowest BCUT2D eigenvalue weighted by Gasteiger charge is -2.45. The van der Waals surface area contributed by atoms with E-state index in [9.17, 15) is 4.79 Å². The van der Waals surface area contributed by atoms with Crippen molar-refractivity contribution in [1.82, 2.24) is 10.4 Å². The monoisotopic (exact) mass is 417 g/mol. The van der Waals surface area contributed by atoms with Crippen molar-refractivity contribution in [2.45, 2.75) is 25.2 Å². The van der Waals surface area contributed by atoms with Crippen LogP contribution in [0.3, 0.4) is 0 Å². The zero-order valence-electron chi connectivity index (χ0n) is 17.8. The minimum atomic E-state index is -0.232. The summed E-state index contributed by atoms with van der Waals surface area (Å²) in [6.07, 6.45) is 2.62. The first-order valence-corrected chi connectivity index (χ1v) is 11.1. The number of fused-ring (bicyclic) bond motifs is 2. The molecule has 1 heterocycles. The Kier molecular flexibility index (Phi) is 4.39. The van der Waals surface area contributed by atoms with Gasteiger partial charge in [0.2, 0.25) is 0 Å². The number of hydrogen-bond donors (Lipinski definition) is 1. The number of carbonyl (C=O) groups excluding carboxylic acids is 1. The molecule has 1 aromatic heterocycles. The van der Waals surface area contributed by atoms with E-state index in [-0.39, 0.29) is 17.7 Å². The fourth-order valence-corrected chi connectivity index (χ4v) is 5.53. The maximum Gasteiger partial charge on any atom is 0.272 e. The van der Waals surface area contributed by atoms with Crippen LogP contribution < -0.4 is 5.43 Å². The second-order valence-corrected chi connectivity index (χ2v) is 8.74. The Morgan fingerprint density at radius 1 is 0.906 bits per heavy atom. The first kappa shape index (κ1) is 18.9. The topological polar surface area (TPSA) is 54.4 Å². The predicted molar refractivity (Wildman–Crippen MR) is 127 cm³/mol. The molecule has 156 valence electrons. The molecule has 1 N–H and O–H groups in total. The van der Waals surface area contributed by atoms with Crippen molar-refractivity contribution in [3.63, 3.8) is 0 Å². The molecular formula is C28H23N3O. The molecule has 7 rings (SSSR count). The number of amides is 1. The minimum Gasteiger partial charge on any atom is -0.267 e. The molecule has 3 aliphatic carbocycles.